The number of halogens is 2. The lowest BCUT2D eigenvalue weighted by atomic mass is 10.1. The molecule has 200 valence electrons. The second kappa shape index (κ2) is 11.4. The lowest BCUT2D eigenvalue weighted by Crippen LogP contribution is -2.45. The van der Waals surface area contributed by atoms with E-state index in [9.17, 15) is 33.7 Å². The number of benzene rings is 3. The number of anilines is 1. The van der Waals surface area contributed by atoms with E-state index in [0.717, 1.165) is 15.9 Å². The summed E-state index contributed by atoms with van der Waals surface area (Å²) in [4.78, 5) is 64.7. The first-order valence-electron chi connectivity index (χ1n) is 11.7. The van der Waals surface area contributed by atoms with E-state index in [4.69, 9.17) is 16.3 Å². The van der Waals surface area contributed by atoms with Crippen molar-refractivity contribution < 1.29 is 33.2 Å². The van der Waals surface area contributed by atoms with Crippen LogP contribution in [0.15, 0.2) is 66.7 Å². The van der Waals surface area contributed by atoms with E-state index >= 15 is 0 Å². The van der Waals surface area contributed by atoms with E-state index in [0.29, 0.717) is 5.56 Å². The minimum atomic E-state index is -1.26. The second-order valence-corrected chi connectivity index (χ2v) is 8.94. The molecular formula is C27H21ClFN3O7. The number of nitro benzene ring substituents is 1. The highest BCUT2D eigenvalue weighted by atomic mass is 35.5. The first-order valence-corrected chi connectivity index (χ1v) is 12.1. The zero-order chi connectivity index (χ0) is 28.3. The average Bonchev–Trinajstić information content (AvgIpc) is 3.21. The number of carbonyl (C=O) groups excluding carboxylic acids is 4. The van der Waals surface area contributed by atoms with E-state index in [1.165, 1.54) is 60.7 Å². The molecule has 0 radical (unpaired) electrons. The molecule has 10 nitrogen and oxygen atoms in total. The number of carbonyl (C=O) groups is 4. The molecule has 1 fully saturated rings. The smallest absolute Gasteiger partial charge is 0.338 e. The van der Waals surface area contributed by atoms with Crippen LogP contribution in [0, 0.1) is 15.9 Å². The highest BCUT2D eigenvalue weighted by Crippen LogP contribution is 2.30. The number of hydrogen-bond donors (Lipinski definition) is 0. The van der Waals surface area contributed by atoms with Crippen molar-refractivity contribution in [2.45, 2.75) is 25.9 Å². The molecule has 1 saturated heterocycles. The lowest BCUT2D eigenvalue weighted by molar-refractivity contribution is -0.384. The molecule has 12 heteroatoms. The largest absolute Gasteiger partial charge is 0.462 e. The molecule has 1 heterocycles. The van der Waals surface area contributed by atoms with Crippen LogP contribution in [-0.4, -0.2) is 46.2 Å². The van der Waals surface area contributed by atoms with Crippen molar-refractivity contribution in [2.75, 3.05) is 11.5 Å². The molecule has 0 aromatic heterocycles. The highest BCUT2D eigenvalue weighted by Gasteiger charge is 2.44. The van der Waals surface area contributed by atoms with Crippen molar-refractivity contribution in [2.24, 2.45) is 0 Å². The van der Waals surface area contributed by atoms with Gasteiger partial charge in [-0.3, -0.25) is 24.5 Å². The number of amides is 3. The first kappa shape index (κ1) is 27.4. The minimum Gasteiger partial charge on any atom is -0.462 e. The van der Waals surface area contributed by atoms with Crippen molar-refractivity contribution >= 4 is 46.7 Å². The Balaban J connectivity index is 1.68. The normalized spacial score (nSPS) is 14.8. The second-order valence-electron chi connectivity index (χ2n) is 8.54. The van der Waals surface area contributed by atoms with Crippen LogP contribution in [0.5, 0.6) is 0 Å². The third-order valence-electron chi connectivity index (χ3n) is 6.05. The average molecular weight is 554 g/mol. The summed E-state index contributed by atoms with van der Waals surface area (Å²) in [6.45, 7) is 1.66. The topological polar surface area (TPSA) is 127 Å². The van der Waals surface area contributed by atoms with Gasteiger partial charge in [0, 0.05) is 18.2 Å². The predicted molar refractivity (Wildman–Crippen MR) is 138 cm³/mol. The van der Waals surface area contributed by atoms with Crippen LogP contribution in [0.2, 0.25) is 5.02 Å². The number of ether oxygens (including phenoxy) is 1. The molecule has 1 aliphatic heterocycles. The Bertz CT molecular complexity index is 1460. The van der Waals surface area contributed by atoms with E-state index in [2.05, 4.69) is 0 Å². The maximum atomic E-state index is 13.6. The molecule has 4 rings (SSSR count). The molecule has 1 unspecified atom stereocenters. The summed E-state index contributed by atoms with van der Waals surface area (Å²) in [5.41, 5.74) is 0.267. The van der Waals surface area contributed by atoms with Gasteiger partial charge in [0.15, 0.2) is 0 Å². The molecule has 0 saturated carbocycles. The van der Waals surface area contributed by atoms with Gasteiger partial charge in [-0.15, -0.1) is 0 Å². The van der Waals surface area contributed by atoms with Gasteiger partial charge in [-0.2, -0.15) is 0 Å². The number of nitrogens with zero attached hydrogens (tertiary/aromatic N) is 3. The SMILES string of the molecule is CCOC(=O)c1ccc(N2C(=O)CC(N(Cc3ccc(F)cc3)C(=O)c3ccc(Cl)c([N+](=O)[O-])c3)C2=O)cc1. The van der Waals surface area contributed by atoms with Crippen LogP contribution in [0.4, 0.5) is 15.8 Å². The van der Waals surface area contributed by atoms with Crippen LogP contribution >= 0.6 is 11.6 Å². The summed E-state index contributed by atoms with van der Waals surface area (Å²) >= 11 is 5.89. The summed E-state index contributed by atoms with van der Waals surface area (Å²) in [6, 6.07) is 13.1. The Morgan fingerprint density at radius 1 is 1.08 bits per heavy atom. The number of hydrogen-bond acceptors (Lipinski definition) is 7. The van der Waals surface area contributed by atoms with Crippen LogP contribution in [-0.2, 0) is 20.9 Å². The fraction of sp³-hybridized carbons (Fsp3) is 0.185. The fourth-order valence-corrected chi connectivity index (χ4v) is 4.34. The molecule has 39 heavy (non-hydrogen) atoms. The van der Waals surface area contributed by atoms with Gasteiger partial charge in [0.1, 0.15) is 16.9 Å². The molecule has 0 aliphatic carbocycles. The Labute approximate surface area is 226 Å². The summed E-state index contributed by atoms with van der Waals surface area (Å²) in [7, 11) is 0. The lowest BCUT2D eigenvalue weighted by Gasteiger charge is -2.28. The monoisotopic (exact) mass is 553 g/mol. The Hall–Kier alpha value is -4.64. The molecule has 1 aliphatic rings. The van der Waals surface area contributed by atoms with Crippen molar-refractivity contribution in [3.63, 3.8) is 0 Å². The highest BCUT2D eigenvalue weighted by molar-refractivity contribution is 6.32. The van der Waals surface area contributed by atoms with Crippen LogP contribution in [0.25, 0.3) is 0 Å². The summed E-state index contributed by atoms with van der Waals surface area (Å²) < 4.78 is 18.4. The van der Waals surface area contributed by atoms with E-state index in [1.54, 1.807) is 6.92 Å². The van der Waals surface area contributed by atoms with Crippen LogP contribution in [0.1, 0.15) is 39.6 Å². The Morgan fingerprint density at radius 2 is 1.72 bits per heavy atom. The van der Waals surface area contributed by atoms with Crippen molar-refractivity contribution in [3.8, 4) is 0 Å². The summed E-state index contributed by atoms with van der Waals surface area (Å²) in [5.74, 6) is -3.12. The van der Waals surface area contributed by atoms with E-state index in [-0.39, 0.29) is 41.4 Å². The number of nitro groups is 1. The zero-order valence-corrected chi connectivity index (χ0v) is 21.3. The molecule has 1 atom stereocenters. The van der Waals surface area contributed by atoms with E-state index in [1.807, 2.05) is 0 Å². The molecule has 0 bridgehead atoms. The fourth-order valence-electron chi connectivity index (χ4n) is 4.15. The third-order valence-corrected chi connectivity index (χ3v) is 6.37. The van der Waals surface area contributed by atoms with Gasteiger partial charge in [0.25, 0.3) is 17.5 Å². The van der Waals surface area contributed by atoms with Crippen molar-refractivity contribution in [1.82, 2.24) is 4.90 Å². The number of imide groups is 1. The van der Waals surface area contributed by atoms with Gasteiger partial charge in [0.05, 0.1) is 29.2 Å². The molecule has 0 N–H and O–H groups in total. The maximum Gasteiger partial charge on any atom is 0.338 e. The molecule has 0 spiro atoms. The molecule has 3 aromatic carbocycles. The summed E-state index contributed by atoms with van der Waals surface area (Å²) in [5, 5.41) is 11.2. The van der Waals surface area contributed by atoms with Gasteiger partial charge in [-0.05, 0) is 61.0 Å². The minimum absolute atomic E-state index is 0.120. The summed E-state index contributed by atoms with van der Waals surface area (Å²) in [6.07, 6.45) is -0.360. The Kier molecular flexibility index (Phi) is 8.01. The molecule has 3 amide bonds. The van der Waals surface area contributed by atoms with Gasteiger partial charge in [0.2, 0.25) is 5.91 Å². The number of rotatable bonds is 8. The molecule has 3 aromatic rings. The van der Waals surface area contributed by atoms with Gasteiger partial charge in [-0.1, -0.05) is 23.7 Å². The zero-order valence-electron chi connectivity index (χ0n) is 20.5. The Morgan fingerprint density at radius 3 is 2.33 bits per heavy atom. The third kappa shape index (κ3) is 5.78. The number of esters is 1. The molecular weight excluding hydrogens is 533 g/mol. The van der Waals surface area contributed by atoms with Crippen molar-refractivity contribution in [3.05, 3.63) is 104 Å². The predicted octanol–water partition coefficient (Wildman–Crippen LogP) is 4.54. The van der Waals surface area contributed by atoms with Crippen LogP contribution in [0.3, 0.4) is 0 Å². The van der Waals surface area contributed by atoms with Crippen LogP contribution < -0.4 is 4.90 Å². The van der Waals surface area contributed by atoms with E-state index < -0.39 is 46.2 Å². The van der Waals surface area contributed by atoms with Gasteiger partial charge >= 0.3 is 5.97 Å². The maximum absolute atomic E-state index is 13.6. The quantitative estimate of drug-likeness (QED) is 0.173. The van der Waals surface area contributed by atoms with Gasteiger partial charge in [-0.25, -0.2) is 14.1 Å². The van der Waals surface area contributed by atoms with Crippen molar-refractivity contribution in [1.29, 1.82) is 0 Å². The first-order chi connectivity index (χ1) is 18.6. The van der Waals surface area contributed by atoms with Gasteiger partial charge < -0.3 is 9.64 Å². The standard InChI is InChI=1S/C27H21ClFN3O7/c1-2-39-27(36)17-5-10-20(11-6-17)31-24(33)14-23(26(31)35)30(15-16-3-8-19(29)9-4-16)25(34)18-7-12-21(28)22(13-18)32(37)38/h3-13,23H,2,14-15H2,1H3.